The van der Waals surface area contributed by atoms with E-state index in [4.69, 9.17) is 4.74 Å². The number of aryl methyl sites for hydroxylation is 1. The summed E-state index contributed by atoms with van der Waals surface area (Å²) in [5.41, 5.74) is 4.24. The van der Waals surface area contributed by atoms with Crippen LogP contribution in [-0.2, 0) is 11.2 Å². The molecule has 1 aromatic carbocycles. The third-order valence-corrected chi connectivity index (χ3v) is 6.70. The molecule has 1 atom stereocenters. The highest BCUT2D eigenvalue weighted by atomic mass is 16.5. The molecule has 0 amide bonds. The molecule has 0 bridgehead atoms. The Labute approximate surface area is 219 Å². The van der Waals surface area contributed by atoms with Gasteiger partial charge in [-0.2, -0.15) is 0 Å². The van der Waals surface area contributed by atoms with Crippen molar-refractivity contribution in [2.24, 2.45) is 0 Å². The van der Waals surface area contributed by atoms with Gasteiger partial charge in [-0.05, 0) is 70.6 Å². The van der Waals surface area contributed by atoms with Crippen molar-refractivity contribution in [3.05, 3.63) is 71.3 Å². The lowest BCUT2D eigenvalue weighted by molar-refractivity contribution is -0.136. The molecule has 194 valence electrons. The Hall–Kier alpha value is -3.45. The van der Waals surface area contributed by atoms with Gasteiger partial charge in [-0.1, -0.05) is 37.5 Å². The number of fused-ring (bicyclic) bond motifs is 1. The zero-order chi connectivity index (χ0) is 26.2. The molecule has 2 aromatic heterocycles. The number of ketones is 1. The average Bonchev–Trinajstić information content (AvgIpc) is 2.88. The smallest absolute Gasteiger partial charge is 0.311 e. The van der Waals surface area contributed by atoms with Crippen molar-refractivity contribution in [2.45, 2.75) is 64.2 Å². The van der Waals surface area contributed by atoms with Crippen LogP contribution >= 0.6 is 0 Å². The summed E-state index contributed by atoms with van der Waals surface area (Å²) in [5.74, 6) is 0.958. The normalized spacial score (nSPS) is 14.9. The number of hydrogen-bond acceptors (Lipinski definition) is 7. The molecule has 0 saturated carbocycles. The fourth-order valence-electron chi connectivity index (χ4n) is 4.71. The number of pyridine rings is 1. The van der Waals surface area contributed by atoms with Gasteiger partial charge < -0.3 is 9.64 Å². The Balaban J connectivity index is 1.34. The lowest BCUT2D eigenvalue weighted by Crippen LogP contribution is -2.23. The molecule has 3 heterocycles. The minimum Gasteiger partial charge on any atom is -0.425 e. The van der Waals surface area contributed by atoms with Gasteiger partial charge in [-0.3, -0.25) is 14.6 Å². The number of nitrogens with zero attached hydrogens (tertiary/aromatic N) is 4. The molecular weight excluding hydrogens is 464 g/mol. The van der Waals surface area contributed by atoms with Crippen LogP contribution in [0.1, 0.15) is 78.2 Å². The summed E-state index contributed by atoms with van der Waals surface area (Å²) in [4.78, 5) is 40.5. The number of carbonyl (C=O) groups excluding carboxylic acids is 2. The van der Waals surface area contributed by atoms with E-state index in [9.17, 15) is 9.59 Å². The van der Waals surface area contributed by atoms with Crippen LogP contribution in [0.2, 0.25) is 0 Å². The molecule has 0 fully saturated rings. The lowest BCUT2D eigenvalue weighted by atomic mass is 9.90. The molecule has 0 spiro atoms. The number of ether oxygens (including phenoxy) is 1. The third-order valence-electron chi connectivity index (χ3n) is 6.70. The quantitative estimate of drug-likeness (QED) is 0.183. The molecule has 1 aliphatic rings. The predicted octanol–water partition coefficient (Wildman–Crippen LogP) is 5.57. The molecule has 0 radical (unpaired) electrons. The van der Waals surface area contributed by atoms with Crippen molar-refractivity contribution in [1.82, 2.24) is 19.9 Å². The zero-order valence-electron chi connectivity index (χ0n) is 22.1. The number of carbonyl (C=O) groups is 2. The fourth-order valence-corrected chi connectivity index (χ4v) is 4.71. The molecule has 0 saturated heterocycles. The van der Waals surface area contributed by atoms with Crippen LogP contribution in [0, 0.1) is 6.92 Å². The van der Waals surface area contributed by atoms with Crippen LogP contribution in [0.25, 0.3) is 11.4 Å². The van der Waals surface area contributed by atoms with Crippen LogP contribution in [0.5, 0.6) is 5.75 Å². The van der Waals surface area contributed by atoms with Crippen LogP contribution in [0.3, 0.4) is 0 Å². The first kappa shape index (κ1) is 26.6. The molecule has 0 N–H and O–H groups in total. The number of hydrogen-bond donors (Lipinski definition) is 0. The Morgan fingerprint density at radius 3 is 2.57 bits per heavy atom. The van der Waals surface area contributed by atoms with Gasteiger partial charge >= 0.3 is 5.97 Å². The number of unbranched alkanes of at least 4 members (excludes halogenated alkanes) is 4. The van der Waals surface area contributed by atoms with Crippen molar-refractivity contribution in [2.75, 3.05) is 20.6 Å². The van der Waals surface area contributed by atoms with Crippen LogP contribution in [0.4, 0.5) is 0 Å². The van der Waals surface area contributed by atoms with Gasteiger partial charge in [0.15, 0.2) is 17.4 Å². The van der Waals surface area contributed by atoms with Crippen LogP contribution in [0.15, 0.2) is 48.8 Å². The summed E-state index contributed by atoms with van der Waals surface area (Å²) in [6, 6.07) is 11.7. The minimum absolute atomic E-state index is 0.0414. The largest absolute Gasteiger partial charge is 0.425 e. The Morgan fingerprint density at radius 2 is 1.78 bits per heavy atom. The zero-order valence-corrected chi connectivity index (χ0v) is 22.1. The molecule has 4 rings (SSSR count). The average molecular weight is 501 g/mol. The van der Waals surface area contributed by atoms with Gasteiger partial charge in [0.2, 0.25) is 0 Å². The van der Waals surface area contributed by atoms with Gasteiger partial charge in [-0.15, -0.1) is 0 Å². The maximum Gasteiger partial charge on any atom is 0.311 e. The van der Waals surface area contributed by atoms with Gasteiger partial charge in [0.1, 0.15) is 0 Å². The van der Waals surface area contributed by atoms with Gasteiger partial charge in [-0.25, -0.2) is 9.97 Å². The van der Waals surface area contributed by atoms with Crippen molar-refractivity contribution in [3.63, 3.8) is 0 Å². The highest BCUT2D eigenvalue weighted by Gasteiger charge is 2.28. The number of Topliss-reactive ketones (excluding diaryl/α,β-unsaturated/α-hetero) is 1. The first-order valence-corrected chi connectivity index (χ1v) is 13.2. The van der Waals surface area contributed by atoms with Crippen LogP contribution in [-0.4, -0.2) is 52.2 Å². The highest BCUT2D eigenvalue weighted by Crippen LogP contribution is 2.35. The van der Waals surface area contributed by atoms with Crippen molar-refractivity contribution in [1.29, 1.82) is 0 Å². The van der Waals surface area contributed by atoms with Gasteiger partial charge in [0.05, 0.1) is 17.7 Å². The Morgan fingerprint density at radius 1 is 1.03 bits per heavy atom. The summed E-state index contributed by atoms with van der Waals surface area (Å²) in [5, 5.41) is 0. The molecule has 1 unspecified atom stereocenters. The molecule has 7 heteroatoms. The first-order valence-electron chi connectivity index (χ1n) is 13.2. The highest BCUT2D eigenvalue weighted by molar-refractivity contribution is 5.95. The van der Waals surface area contributed by atoms with E-state index in [-0.39, 0.29) is 17.7 Å². The van der Waals surface area contributed by atoms with E-state index >= 15 is 0 Å². The summed E-state index contributed by atoms with van der Waals surface area (Å²) < 4.78 is 5.38. The summed E-state index contributed by atoms with van der Waals surface area (Å²) >= 11 is 0. The van der Waals surface area contributed by atoms with Crippen molar-refractivity contribution >= 4 is 11.8 Å². The molecule has 0 aliphatic carbocycles. The number of rotatable bonds is 12. The van der Waals surface area contributed by atoms with E-state index in [2.05, 4.69) is 33.9 Å². The molecule has 37 heavy (non-hydrogen) atoms. The van der Waals surface area contributed by atoms with E-state index < -0.39 is 0 Å². The number of esters is 1. The predicted molar refractivity (Wildman–Crippen MR) is 144 cm³/mol. The second kappa shape index (κ2) is 12.7. The molecule has 1 aliphatic heterocycles. The van der Waals surface area contributed by atoms with E-state index in [1.165, 1.54) is 12.8 Å². The lowest BCUT2D eigenvalue weighted by Gasteiger charge is -2.24. The molecule has 7 nitrogen and oxygen atoms in total. The number of aromatic nitrogens is 3. The van der Waals surface area contributed by atoms with E-state index in [0.717, 1.165) is 48.3 Å². The maximum atomic E-state index is 12.6. The SMILES string of the molecule is Cc1ccc2c(n1)C(Cc1cccc(-c3ncc(C(=O)CCCCCCCN(C)C)cn3)c1)CC(=O)O2. The van der Waals surface area contributed by atoms with E-state index in [1.54, 1.807) is 12.4 Å². The fraction of sp³-hybridized carbons (Fsp3) is 0.433. The van der Waals surface area contributed by atoms with Crippen molar-refractivity contribution in [3.8, 4) is 17.1 Å². The Bertz CT molecular complexity index is 1220. The summed E-state index contributed by atoms with van der Waals surface area (Å²) in [6.45, 7) is 3.05. The standard InChI is InChI=1S/C30H36N4O3/c1-21-13-14-27-29(33-21)24(18-28(36)37-27)17-22-10-9-11-23(16-22)30-31-19-25(20-32-30)26(35)12-7-5-4-6-8-15-34(2)3/h9-11,13-14,16,19-20,24H,4-8,12,15,17-18H2,1-3H3. The van der Waals surface area contributed by atoms with Crippen molar-refractivity contribution < 1.29 is 14.3 Å². The van der Waals surface area contributed by atoms with Crippen LogP contribution < -0.4 is 4.74 Å². The Kier molecular flexibility index (Phi) is 9.12. The van der Waals surface area contributed by atoms with E-state index in [1.807, 2.05) is 43.3 Å². The maximum absolute atomic E-state index is 12.6. The summed E-state index contributed by atoms with van der Waals surface area (Å²) in [6.07, 6.45) is 10.3. The minimum atomic E-state index is -0.229. The monoisotopic (exact) mass is 500 g/mol. The summed E-state index contributed by atoms with van der Waals surface area (Å²) in [7, 11) is 4.19. The second-order valence-corrected chi connectivity index (χ2v) is 10.2. The number of benzene rings is 1. The topological polar surface area (TPSA) is 85.3 Å². The molecular formula is C30H36N4O3. The third kappa shape index (κ3) is 7.52. The molecule has 3 aromatic rings. The second-order valence-electron chi connectivity index (χ2n) is 10.2. The van der Waals surface area contributed by atoms with Gasteiger partial charge in [0, 0.05) is 36.0 Å². The first-order chi connectivity index (χ1) is 17.9. The van der Waals surface area contributed by atoms with Gasteiger partial charge in [0.25, 0.3) is 0 Å². The van der Waals surface area contributed by atoms with E-state index in [0.29, 0.717) is 36.4 Å².